The summed E-state index contributed by atoms with van der Waals surface area (Å²) in [5.74, 6) is 0.815. The van der Waals surface area contributed by atoms with Crippen molar-refractivity contribution in [2.75, 3.05) is 30.8 Å². The van der Waals surface area contributed by atoms with Crippen LogP contribution >= 0.6 is 15.9 Å². The first kappa shape index (κ1) is 12.1. The minimum absolute atomic E-state index is 0.0918. The number of hydrogen-bond donors (Lipinski definition) is 2. The Balaban J connectivity index is 2.68. The predicted octanol–water partition coefficient (Wildman–Crippen LogP) is 2.01. The van der Waals surface area contributed by atoms with Crippen LogP contribution in [0.15, 0.2) is 28.9 Å². The van der Waals surface area contributed by atoms with Gasteiger partial charge in [0.15, 0.2) is 0 Å². The third-order valence-electron chi connectivity index (χ3n) is 2.69. The molecule has 2 rings (SSSR count). The van der Waals surface area contributed by atoms with Gasteiger partial charge in [-0.25, -0.2) is 4.98 Å². The van der Waals surface area contributed by atoms with Gasteiger partial charge < -0.3 is 15.7 Å². The van der Waals surface area contributed by atoms with Crippen LogP contribution < -0.4 is 10.6 Å². The highest BCUT2D eigenvalue weighted by Gasteiger charge is 2.11. The number of benzene rings is 1. The number of nitrogen functional groups attached to an aromatic ring is 1. The second-order valence-electron chi connectivity index (χ2n) is 3.84. The van der Waals surface area contributed by atoms with Crippen molar-refractivity contribution in [3.63, 3.8) is 0 Å². The summed E-state index contributed by atoms with van der Waals surface area (Å²) in [6.45, 7) is 0.627. The lowest BCUT2D eigenvalue weighted by Gasteiger charge is -2.19. The molecule has 0 spiro atoms. The number of aromatic nitrogens is 1. The Kier molecular flexibility index (Phi) is 3.49. The predicted molar refractivity (Wildman–Crippen MR) is 74.2 cm³/mol. The Bertz CT molecular complexity index is 545. The summed E-state index contributed by atoms with van der Waals surface area (Å²) >= 11 is 3.52. The topological polar surface area (TPSA) is 62.4 Å². The van der Waals surface area contributed by atoms with E-state index in [1.54, 1.807) is 6.20 Å². The summed E-state index contributed by atoms with van der Waals surface area (Å²) in [6.07, 6.45) is 1.73. The average Bonchev–Trinajstić information content (AvgIpc) is 2.34. The molecule has 1 aromatic carbocycles. The smallest absolute Gasteiger partial charge is 0.137 e. The minimum atomic E-state index is 0.0918. The van der Waals surface area contributed by atoms with Crippen molar-refractivity contribution in [2.24, 2.45) is 0 Å². The Labute approximate surface area is 108 Å². The lowest BCUT2D eigenvalue weighted by atomic mass is 10.1. The van der Waals surface area contributed by atoms with E-state index in [0.717, 1.165) is 26.8 Å². The molecule has 0 saturated heterocycles. The number of aliphatic hydroxyl groups excluding tert-OH is 1. The van der Waals surface area contributed by atoms with Crippen molar-refractivity contribution < 1.29 is 5.11 Å². The van der Waals surface area contributed by atoms with Crippen LogP contribution in [-0.2, 0) is 0 Å². The summed E-state index contributed by atoms with van der Waals surface area (Å²) in [4.78, 5) is 6.27. The fourth-order valence-electron chi connectivity index (χ4n) is 1.81. The molecule has 0 bridgehead atoms. The van der Waals surface area contributed by atoms with Gasteiger partial charge in [0.05, 0.1) is 6.61 Å². The van der Waals surface area contributed by atoms with Crippen molar-refractivity contribution in [2.45, 2.75) is 0 Å². The molecule has 5 heteroatoms. The molecule has 0 amide bonds. The number of pyridine rings is 1. The number of fused-ring (bicyclic) bond motifs is 1. The second kappa shape index (κ2) is 4.89. The maximum absolute atomic E-state index is 8.99. The van der Waals surface area contributed by atoms with E-state index in [0.29, 0.717) is 6.54 Å². The first-order valence-corrected chi connectivity index (χ1v) is 6.09. The Hall–Kier alpha value is -1.33. The van der Waals surface area contributed by atoms with E-state index >= 15 is 0 Å². The summed E-state index contributed by atoms with van der Waals surface area (Å²) in [6, 6.07) is 5.67. The van der Waals surface area contributed by atoms with Gasteiger partial charge in [0.2, 0.25) is 0 Å². The van der Waals surface area contributed by atoms with E-state index in [2.05, 4.69) is 20.9 Å². The van der Waals surface area contributed by atoms with E-state index in [4.69, 9.17) is 10.8 Å². The molecule has 0 atom stereocenters. The zero-order valence-electron chi connectivity index (χ0n) is 9.52. The first-order chi connectivity index (χ1) is 8.15. The average molecular weight is 296 g/mol. The van der Waals surface area contributed by atoms with Crippen LogP contribution in [0.2, 0.25) is 0 Å². The fourth-order valence-corrected chi connectivity index (χ4v) is 2.33. The SMILES string of the molecule is CN(CCO)c1nccc2c(N)ccc(Br)c12. The van der Waals surface area contributed by atoms with Crippen molar-refractivity contribution in [1.29, 1.82) is 0 Å². The van der Waals surface area contributed by atoms with Crippen molar-refractivity contribution in [3.05, 3.63) is 28.9 Å². The van der Waals surface area contributed by atoms with Crippen LogP contribution in [-0.4, -0.2) is 30.3 Å². The molecule has 2 aromatic rings. The quantitative estimate of drug-likeness (QED) is 0.851. The number of anilines is 2. The van der Waals surface area contributed by atoms with Crippen LogP contribution in [0.3, 0.4) is 0 Å². The van der Waals surface area contributed by atoms with Crippen LogP contribution in [0.25, 0.3) is 10.8 Å². The Morgan fingerprint density at radius 3 is 2.88 bits per heavy atom. The van der Waals surface area contributed by atoms with Crippen LogP contribution in [0.5, 0.6) is 0 Å². The van der Waals surface area contributed by atoms with Gasteiger partial charge in [-0.2, -0.15) is 0 Å². The molecule has 1 heterocycles. The van der Waals surface area contributed by atoms with E-state index in [1.165, 1.54) is 0 Å². The highest BCUT2D eigenvalue weighted by atomic mass is 79.9. The van der Waals surface area contributed by atoms with E-state index in [-0.39, 0.29) is 6.61 Å². The molecule has 0 aliphatic carbocycles. The first-order valence-electron chi connectivity index (χ1n) is 5.30. The van der Waals surface area contributed by atoms with Crippen molar-refractivity contribution >= 4 is 38.2 Å². The zero-order valence-corrected chi connectivity index (χ0v) is 11.1. The number of aliphatic hydroxyl groups is 1. The molecule has 17 heavy (non-hydrogen) atoms. The highest BCUT2D eigenvalue weighted by molar-refractivity contribution is 9.10. The Morgan fingerprint density at radius 1 is 1.41 bits per heavy atom. The molecule has 3 N–H and O–H groups in total. The molecular formula is C12H14BrN3O. The molecular weight excluding hydrogens is 282 g/mol. The van der Waals surface area contributed by atoms with Crippen LogP contribution in [0.1, 0.15) is 0 Å². The molecule has 0 radical (unpaired) electrons. The summed E-state index contributed by atoms with van der Waals surface area (Å²) in [5, 5.41) is 10.9. The summed E-state index contributed by atoms with van der Waals surface area (Å²) < 4.78 is 0.953. The third kappa shape index (κ3) is 2.21. The maximum Gasteiger partial charge on any atom is 0.137 e. The molecule has 0 aliphatic heterocycles. The minimum Gasteiger partial charge on any atom is -0.398 e. The van der Waals surface area contributed by atoms with Gasteiger partial charge in [-0.15, -0.1) is 0 Å². The number of nitrogens with two attached hydrogens (primary N) is 1. The monoisotopic (exact) mass is 295 g/mol. The van der Waals surface area contributed by atoms with Gasteiger partial charge in [-0.3, -0.25) is 0 Å². The van der Waals surface area contributed by atoms with E-state index < -0.39 is 0 Å². The van der Waals surface area contributed by atoms with Gasteiger partial charge >= 0.3 is 0 Å². The van der Waals surface area contributed by atoms with Gasteiger partial charge in [0.25, 0.3) is 0 Å². The molecule has 0 unspecified atom stereocenters. The van der Waals surface area contributed by atoms with Crippen molar-refractivity contribution in [1.82, 2.24) is 4.98 Å². The second-order valence-corrected chi connectivity index (χ2v) is 4.69. The highest BCUT2D eigenvalue weighted by Crippen LogP contribution is 2.33. The number of rotatable bonds is 3. The summed E-state index contributed by atoms with van der Waals surface area (Å²) in [7, 11) is 1.90. The number of halogens is 1. The standard InChI is InChI=1S/C12H14BrN3O/c1-16(6-7-17)12-11-8(4-5-15-12)10(14)3-2-9(11)13/h2-5,17H,6-7,14H2,1H3. The van der Waals surface area contributed by atoms with Gasteiger partial charge in [0.1, 0.15) is 5.82 Å². The van der Waals surface area contributed by atoms with E-state index in [1.807, 2.05) is 30.1 Å². The number of hydrogen-bond acceptors (Lipinski definition) is 4. The molecule has 0 fully saturated rings. The lowest BCUT2D eigenvalue weighted by Crippen LogP contribution is -2.22. The van der Waals surface area contributed by atoms with Gasteiger partial charge in [-0.1, -0.05) is 15.9 Å². The third-order valence-corrected chi connectivity index (χ3v) is 3.35. The lowest BCUT2D eigenvalue weighted by molar-refractivity contribution is 0.304. The number of likely N-dealkylation sites (N-methyl/N-ethyl adjacent to an activating group) is 1. The maximum atomic E-state index is 8.99. The van der Waals surface area contributed by atoms with E-state index in [9.17, 15) is 0 Å². The largest absolute Gasteiger partial charge is 0.398 e. The molecule has 0 aliphatic rings. The molecule has 4 nitrogen and oxygen atoms in total. The van der Waals surface area contributed by atoms with Crippen LogP contribution in [0, 0.1) is 0 Å². The molecule has 1 aromatic heterocycles. The van der Waals surface area contributed by atoms with Gasteiger partial charge in [-0.05, 0) is 18.2 Å². The zero-order chi connectivity index (χ0) is 12.4. The summed E-state index contributed by atoms with van der Waals surface area (Å²) in [5.41, 5.74) is 6.68. The molecule has 0 saturated carbocycles. The van der Waals surface area contributed by atoms with Crippen LogP contribution in [0.4, 0.5) is 11.5 Å². The van der Waals surface area contributed by atoms with Crippen molar-refractivity contribution in [3.8, 4) is 0 Å². The Morgan fingerprint density at radius 2 is 2.18 bits per heavy atom. The fraction of sp³-hybridized carbons (Fsp3) is 0.250. The van der Waals surface area contributed by atoms with Gasteiger partial charge in [0, 0.05) is 40.7 Å². The number of nitrogens with zero attached hydrogens (tertiary/aromatic N) is 2. The normalized spacial score (nSPS) is 10.8. The molecule has 90 valence electrons.